The molecular formula is C22H30IN5O2. The summed E-state index contributed by atoms with van der Waals surface area (Å²) in [7, 11) is 7.36. The van der Waals surface area contributed by atoms with E-state index in [1.54, 1.807) is 14.2 Å². The standard InChI is InChI=1S/C22H29N5O2.HI/c1-6-23-22(24-14-21-25-18-9-7-8-10-19(18)27(21)3)26(2)15-16-11-12-17(28-4)13-20(16)29-5;/h7-13H,6,14-15H2,1-5H3,(H,23,24);1H. The van der Waals surface area contributed by atoms with Gasteiger partial charge >= 0.3 is 0 Å². The lowest BCUT2D eigenvalue weighted by atomic mass is 10.2. The minimum absolute atomic E-state index is 0. The summed E-state index contributed by atoms with van der Waals surface area (Å²) in [5, 5.41) is 3.36. The Balaban J connectivity index is 0.00000320. The van der Waals surface area contributed by atoms with Crippen molar-refractivity contribution in [3.05, 3.63) is 53.9 Å². The highest BCUT2D eigenvalue weighted by molar-refractivity contribution is 14.0. The zero-order valence-corrected chi connectivity index (χ0v) is 20.5. The third-order valence-corrected chi connectivity index (χ3v) is 4.85. The van der Waals surface area contributed by atoms with Gasteiger partial charge in [-0.05, 0) is 31.2 Å². The van der Waals surface area contributed by atoms with Gasteiger partial charge in [0.1, 0.15) is 23.9 Å². The highest BCUT2D eigenvalue weighted by Crippen LogP contribution is 2.25. The van der Waals surface area contributed by atoms with Gasteiger partial charge in [0.2, 0.25) is 0 Å². The first-order valence-electron chi connectivity index (χ1n) is 9.68. The number of methoxy groups -OCH3 is 2. The number of rotatable bonds is 7. The lowest BCUT2D eigenvalue weighted by Crippen LogP contribution is -2.38. The summed E-state index contributed by atoms with van der Waals surface area (Å²) in [6, 6.07) is 14.0. The van der Waals surface area contributed by atoms with E-state index in [1.165, 1.54) is 0 Å². The molecule has 1 heterocycles. The van der Waals surface area contributed by atoms with Gasteiger partial charge in [-0.3, -0.25) is 0 Å². The number of guanidine groups is 1. The zero-order valence-electron chi connectivity index (χ0n) is 18.2. The predicted octanol–water partition coefficient (Wildman–Crippen LogP) is 3.81. The van der Waals surface area contributed by atoms with Crippen molar-refractivity contribution in [1.29, 1.82) is 0 Å². The topological polar surface area (TPSA) is 63.9 Å². The SMILES string of the molecule is CCNC(=NCc1nc2ccccc2n1C)N(C)Cc1ccc(OC)cc1OC.I. The Morgan fingerprint density at radius 1 is 1.17 bits per heavy atom. The summed E-state index contributed by atoms with van der Waals surface area (Å²) in [6.07, 6.45) is 0. The molecule has 3 aromatic rings. The number of aryl methyl sites for hydroxylation is 1. The second-order valence-corrected chi connectivity index (χ2v) is 6.78. The van der Waals surface area contributed by atoms with Crippen LogP contribution in [0.15, 0.2) is 47.5 Å². The molecule has 0 unspecified atom stereocenters. The fourth-order valence-corrected chi connectivity index (χ4v) is 3.26. The van der Waals surface area contributed by atoms with E-state index >= 15 is 0 Å². The van der Waals surface area contributed by atoms with E-state index in [1.807, 2.05) is 50.5 Å². The number of ether oxygens (including phenoxy) is 2. The Morgan fingerprint density at radius 3 is 2.60 bits per heavy atom. The van der Waals surface area contributed by atoms with Crippen LogP contribution in [0.4, 0.5) is 0 Å². The molecule has 0 atom stereocenters. The molecule has 2 aromatic carbocycles. The average molecular weight is 523 g/mol. The lowest BCUT2D eigenvalue weighted by molar-refractivity contribution is 0.382. The van der Waals surface area contributed by atoms with Gasteiger partial charge in [-0.1, -0.05) is 12.1 Å². The van der Waals surface area contributed by atoms with Crippen LogP contribution in [0.25, 0.3) is 11.0 Å². The first-order chi connectivity index (χ1) is 14.1. The smallest absolute Gasteiger partial charge is 0.194 e. The average Bonchev–Trinajstić information content (AvgIpc) is 3.07. The molecule has 0 aliphatic heterocycles. The molecular weight excluding hydrogens is 493 g/mol. The predicted molar refractivity (Wildman–Crippen MR) is 132 cm³/mol. The molecule has 162 valence electrons. The van der Waals surface area contributed by atoms with Crippen molar-refractivity contribution in [2.45, 2.75) is 20.0 Å². The molecule has 0 aliphatic carbocycles. The molecule has 0 aliphatic rings. The van der Waals surface area contributed by atoms with E-state index in [9.17, 15) is 0 Å². The van der Waals surface area contributed by atoms with Crippen molar-refractivity contribution >= 4 is 41.0 Å². The minimum Gasteiger partial charge on any atom is -0.497 e. The third kappa shape index (κ3) is 5.35. The van der Waals surface area contributed by atoms with Crippen molar-refractivity contribution in [2.24, 2.45) is 12.0 Å². The van der Waals surface area contributed by atoms with E-state index in [0.29, 0.717) is 13.1 Å². The quantitative estimate of drug-likeness (QED) is 0.290. The van der Waals surface area contributed by atoms with Crippen LogP contribution in [0.1, 0.15) is 18.3 Å². The van der Waals surface area contributed by atoms with E-state index in [0.717, 1.165) is 46.4 Å². The van der Waals surface area contributed by atoms with Crippen molar-refractivity contribution < 1.29 is 9.47 Å². The molecule has 0 bridgehead atoms. The van der Waals surface area contributed by atoms with Gasteiger partial charge in [0.15, 0.2) is 5.96 Å². The highest BCUT2D eigenvalue weighted by atomic mass is 127. The largest absolute Gasteiger partial charge is 0.497 e. The number of hydrogen-bond donors (Lipinski definition) is 1. The molecule has 7 nitrogen and oxygen atoms in total. The number of nitrogens with zero attached hydrogens (tertiary/aromatic N) is 4. The Bertz CT molecular complexity index is 1000. The Labute approximate surface area is 195 Å². The molecule has 0 spiro atoms. The maximum atomic E-state index is 5.53. The van der Waals surface area contributed by atoms with E-state index in [-0.39, 0.29) is 24.0 Å². The number of benzene rings is 2. The third-order valence-electron chi connectivity index (χ3n) is 4.85. The summed E-state index contributed by atoms with van der Waals surface area (Å²) >= 11 is 0. The number of para-hydroxylation sites is 2. The zero-order chi connectivity index (χ0) is 20.8. The van der Waals surface area contributed by atoms with Gasteiger partial charge in [-0.2, -0.15) is 0 Å². The Kier molecular flexibility index (Phi) is 8.76. The maximum absolute atomic E-state index is 5.53. The van der Waals surface area contributed by atoms with Gasteiger partial charge in [-0.15, -0.1) is 24.0 Å². The number of hydrogen-bond acceptors (Lipinski definition) is 4. The number of halogens is 1. The van der Waals surface area contributed by atoms with Crippen LogP contribution >= 0.6 is 24.0 Å². The molecule has 30 heavy (non-hydrogen) atoms. The van der Waals surface area contributed by atoms with Crippen LogP contribution in [0.3, 0.4) is 0 Å². The van der Waals surface area contributed by atoms with E-state index in [2.05, 4.69) is 27.8 Å². The molecule has 1 aromatic heterocycles. The van der Waals surface area contributed by atoms with Gasteiger partial charge in [0.05, 0.1) is 25.3 Å². The van der Waals surface area contributed by atoms with Crippen molar-refractivity contribution in [1.82, 2.24) is 19.8 Å². The fraction of sp³-hybridized carbons (Fsp3) is 0.364. The van der Waals surface area contributed by atoms with E-state index in [4.69, 9.17) is 19.5 Å². The van der Waals surface area contributed by atoms with Crippen LogP contribution in [0, 0.1) is 0 Å². The normalized spacial score (nSPS) is 11.2. The number of imidazole rings is 1. The number of aliphatic imine (C=N–C) groups is 1. The summed E-state index contributed by atoms with van der Waals surface area (Å²) in [5.74, 6) is 3.31. The number of fused-ring (bicyclic) bond motifs is 1. The van der Waals surface area contributed by atoms with Crippen LogP contribution in [0.5, 0.6) is 11.5 Å². The minimum atomic E-state index is 0. The van der Waals surface area contributed by atoms with Crippen molar-refractivity contribution in [2.75, 3.05) is 27.8 Å². The Morgan fingerprint density at radius 2 is 1.93 bits per heavy atom. The van der Waals surface area contributed by atoms with Gasteiger partial charge in [0, 0.05) is 38.8 Å². The van der Waals surface area contributed by atoms with Gasteiger partial charge in [-0.25, -0.2) is 9.98 Å². The van der Waals surface area contributed by atoms with Crippen LogP contribution in [-0.2, 0) is 20.1 Å². The maximum Gasteiger partial charge on any atom is 0.194 e. The summed E-state index contributed by atoms with van der Waals surface area (Å²) in [4.78, 5) is 11.6. The molecule has 1 N–H and O–H groups in total. The second kappa shape index (κ2) is 11.1. The number of nitrogens with one attached hydrogen (secondary N) is 1. The van der Waals surface area contributed by atoms with Gasteiger partial charge < -0.3 is 24.3 Å². The molecule has 8 heteroatoms. The first kappa shape index (κ1) is 23.8. The molecule has 3 rings (SSSR count). The monoisotopic (exact) mass is 523 g/mol. The second-order valence-electron chi connectivity index (χ2n) is 6.78. The molecule has 0 saturated carbocycles. The fourth-order valence-electron chi connectivity index (χ4n) is 3.26. The number of aromatic nitrogens is 2. The molecule has 0 saturated heterocycles. The Hall–Kier alpha value is -2.49. The molecule has 0 amide bonds. The highest BCUT2D eigenvalue weighted by Gasteiger charge is 2.12. The molecule has 0 fully saturated rings. The van der Waals surface area contributed by atoms with E-state index < -0.39 is 0 Å². The summed E-state index contributed by atoms with van der Waals surface area (Å²) in [5.41, 5.74) is 3.16. The van der Waals surface area contributed by atoms with Crippen molar-refractivity contribution in [3.63, 3.8) is 0 Å². The first-order valence-corrected chi connectivity index (χ1v) is 9.68. The van der Waals surface area contributed by atoms with Gasteiger partial charge in [0.25, 0.3) is 0 Å². The molecule has 0 radical (unpaired) electrons. The summed E-state index contributed by atoms with van der Waals surface area (Å²) < 4.78 is 12.9. The van der Waals surface area contributed by atoms with Crippen LogP contribution in [0.2, 0.25) is 0 Å². The van der Waals surface area contributed by atoms with Crippen LogP contribution in [-0.4, -0.2) is 48.2 Å². The van der Waals surface area contributed by atoms with Crippen molar-refractivity contribution in [3.8, 4) is 11.5 Å². The lowest BCUT2D eigenvalue weighted by Gasteiger charge is -2.23. The van der Waals surface area contributed by atoms with Crippen LogP contribution < -0.4 is 14.8 Å². The summed E-state index contributed by atoms with van der Waals surface area (Å²) in [6.45, 7) is 4.00.